The van der Waals surface area contributed by atoms with Crippen LogP contribution in [0.5, 0.6) is 0 Å². The molecule has 2 rings (SSSR count). The summed E-state index contributed by atoms with van der Waals surface area (Å²) in [6.07, 6.45) is 0.740. The van der Waals surface area contributed by atoms with Crippen LogP contribution in [0, 0.1) is 11.6 Å². The van der Waals surface area contributed by atoms with Crippen molar-refractivity contribution in [1.29, 1.82) is 0 Å². The number of hydrogen-bond acceptors (Lipinski definition) is 4. The molecule has 0 aromatic heterocycles. The first kappa shape index (κ1) is 12.8. The lowest BCUT2D eigenvalue weighted by Crippen LogP contribution is -2.20. The Kier molecular flexibility index (Phi) is 3.76. The zero-order chi connectivity index (χ0) is 13.1. The standard InChI is InChI=1S/C12H13F2NO3/c1-17-12(16)8-4-11(10(14)5-9(8)13)15-7-2-3-18-6-7/h4-5,7,15H,2-3,6H2,1H3. The molecule has 1 aromatic carbocycles. The minimum absolute atomic E-state index is 0.0320. The molecule has 1 saturated heterocycles. The second-order valence-corrected chi connectivity index (χ2v) is 4.01. The predicted octanol–water partition coefficient (Wildman–Crippen LogP) is 1.95. The average molecular weight is 257 g/mol. The summed E-state index contributed by atoms with van der Waals surface area (Å²) in [5.74, 6) is -2.52. The molecule has 4 nitrogen and oxygen atoms in total. The number of rotatable bonds is 3. The van der Waals surface area contributed by atoms with E-state index >= 15 is 0 Å². The van der Waals surface area contributed by atoms with Crippen LogP contribution in [0.15, 0.2) is 12.1 Å². The third-order valence-electron chi connectivity index (χ3n) is 2.75. The predicted molar refractivity (Wildman–Crippen MR) is 60.5 cm³/mol. The molecule has 1 aromatic rings. The molecular formula is C12H13F2NO3. The van der Waals surface area contributed by atoms with Crippen LogP contribution in [0.25, 0.3) is 0 Å². The van der Waals surface area contributed by atoms with Gasteiger partial charge in [0.05, 0.1) is 31.0 Å². The van der Waals surface area contributed by atoms with Crippen molar-refractivity contribution in [3.05, 3.63) is 29.3 Å². The number of benzene rings is 1. The van der Waals surface area contributed by atoms with Crippen molar-refractivity contribution < 1.29 is 23.0 Å². The Balaban J connectivity index is 2.25. The Morgan fingerprint density at radius 1 is 1.44 bits per heavy atom. The lowest BCUT2D eigenvalue weighted by molar-refractivity contribution is 0.0595. The zero-order valence-corrected chi connectivity index (χ0v) is 9.83. The van der Waals surface area contributed by atoms with Crippen molar-refractivity contribution in [1.82, 2.24) is 0 Å². The molecule has 98 valence electrons. The van der Waals surface area contributed by atoms with Crippen LogP contribution in [0.2, 0.25) is 0 Å². The quantitative estimate of drug-likeness (QED) is 0.841. The molecule has 1 atom stereocenters. The highest BCUT2D eigenvalue weighted by atomic mass is 19.1. The van der Waals surface area contributed by atoms with E-state index in [0.29, 0.717) is 19.3 Å². The highest BCUT2D eigenvalue weighted by Crippen LogP contribution is 2.22. The Morgan fingerprint density at radius 2 is 2.22 bits per heavy atom. The van der Waals surface area contributed by atoms with E-state index in [2.05, 4.69) is 10.1 Å². The van der Waals surface area contributed by atoms with Gasteiger partial charge in [-0.2, -0.15) is 0 Å². The van der Waals surface area contributed by atoms with Crippen LogP contribution in [-0.4, -0.2) is 32.3 Å². The number of carbonyl (C=O) groups excluding carboxylic acids is 1. The Bertz CT molecular complexity index is 459. The fraction of sp³-hybridized carbons (Fsp3) is 0.417. The molecule has 1 unspecified atom stereocenters. The van der Waals surface area contributed by atoms with E-state index in [1.165, 1.54) is 0 Å². The van der Waals surface area contributed by atoms with E-state index in [1.54, 1.807) is 0 Å². The van der Waals surface area contributed by atoms with Crippen molar-refractivity contribution in [2.75, 3.05) is 25.6 Å². The van der Waals surface area contributed by atoms with E-state index in [4.69, 9.17) is 4.74 Å². The molecule has 1 aliphatic rings. The third-order valence-corrected chi connectivity index (χ3v) is 2.75. The number of esters is 1. The van der Waals surface area contributed by atoms with Crippen molar-refractivity contribution >= 4 is 11.7 Å². The number of nitrogens with one attached hydrogen (secondary N) is 1. The molecule has 18 heavy (non-hydrogen) atoms. The summed E-state index contributed by atoms with van der Waals surface area (Å²) < 4.78 is 36.5. The van der Waals surface area contributed by atoms with Gasteiger partial charge in [-0.15, -0.1) is 0 Å². The largest absolute Gasteiger partial charge is 0.465 e. The van der Waals surface area contributed by atoms with Crippen molar-refractivity contribution in [2.24, 2.45) is 0 Å². The molecule has 1 fully saturated rings. The molecular weight excluding hydrogens is 244 g/mol. The third kappa shape index (κ3) is 2.59. The van der Waals surface area contributed by atoms with E-state index in [1.807, 2.05) is 0 Å². The van der Waals surface area contributed by atoms with Crippen LogP contribution in [0.1, 0.15) is 16.8 Å². The highest BCUT2D eigenvalue weighted by molar-refractivity contribution is 5.90. The van der Waals surface area contributed by atoms with Gasteiger partial charge in [-0.3, -0.25) is 0 Å². The van der Waals surface area contributed by atoms with Gasteiger partial charge in [-0.1, -0.05) is 0 Å². The molecule has 0 radical (unpaired) electrons. The topological polar surface area (TPSA) is 47.6 Å². The summed E-state index contributed by atoms with van der Waals surface area (Å²) in [7, 11) is 1.14. The van der Waals surface area contributed by atoms with Gasteiger partial charge in [0, 0.05) is 12.7 Å². The lowest BCUT2D eigenvalue weighted by Gasteiger charge is -2.14. The normalized spacial score (nSPS) is 18.7. The molecule has 6 heteroatoms. The minimum Gasteiger partial charge on any atom is -0.465 e. The number of halogens is 2. The van der Waals surface area contributed by atoms with Crippen LogP contribution in [-0.2, 0) is 9.47 Å². The minimum atomic E-state index is -0.937. The second-order valence-electron chi connectivity index (χ2n) is 4.01. The first-order valence-electron chi connectivity index (χ1n) is 5.53. The molecule has 1 N–H and O–H groups in total. The smallest absolute Gasteiger partial charge is 0.340 e. The average Bonchev–Trinajstić information content (AvgIpc) is 2.84. The van der Waals surface area contributed by atoms with Gasteiger partial charge in [0.1, 0.15) is 11.6 Å². The molecule has 0 aliphatic carbocycles. The van der Waals surface area contributed by atoms with Crippen LogP contribution in [0.3, 0.4) is 0 Å². The monoisotopic (exact) mass is 257 g/mol. The van der Waals surface area contributed by atoms with E-state index in [0.717, 1.165) is 19.6 Å². The molecule has 0 spiro atoms. The van der Waals surface area contributed by atoms with Crippen molar-refractivity contribution in [3.63, 3.8) is 0 Å². The SMILES string of the molecule is COC(=O)c1cc(NC2CCOC2)c(F)cc1F. The highest BCUT2D eigenvalue weighted by Gasteiger charge is 2.20. The first-order chi connectivity index (χ1) is 8.61. The zero-order valence-electron chi connectivity index (χ0n) is 9.83. The van der Waals surface area contributed by atoms with Crippen LogP contribution >= 0.6 is 0 Å². The molecule has 0 amide bonds. The maximum absolute atomic E-state index is 13.6. The van der Waals surface area contributed by atoms with Crippen molar-refractivity contribution in [3.8, 4) is 0 Å². The number of carbonyl (C=O) groups is 1. The van der Waals surface area contributed by atoms with Gasteiger partial charge in [0.25, 0.3) is 0 Å². The molecule has 0 saturated carbocycles. The summed E-state index contributed by atoms with van der Waals surface area (Å²) in [6.45, 7) is 1.06. The first-order valence-corrected chi connectivity index (χ1v) is 5.53. The fourth-order valence-corrected chi connectivity index (χ4v) is 1.79. The summed E-state index contributed by atoms with van der Waals surface area (Å²) in [5, 5.41) is 2.88. The fourth-order valence-electron chi connectivity index (χ4n) is 1.79. The molecule has 0 bridgehead atoms. The van der Waals surface area contributed by atoms with E-state index in [-0.39, 0.29) is 17.3 Å². The van der Waals surface area contributed by atoms with Crippen LogP contribution < -0.4 is 5.32 Å². The summed E-state index contributed by atoms with van der Waals surface area (Å²) in [4.78, 5) is 11.3. The lowest BCUT2D eigenvalue weighted by atomic mass is 10.1. The van der Waals surface area contributed by atoms with Gasteiger partial charge in [0.2, 0.25) is 0 Å². The van der Waals surface area contributed by atoms with E-state index in [9.17, 15) is 13.6 Å². The van der Waals surface area contributed by atoms with Gasteiger partial charge < -0.3 is 14.8 Å². The maximum Gasteiger partial charge on any atom is 0.340 e. The number of hydrogen-bond donors (Lipinski definition) is 1. The van der Waals surface area contributed by atoms with Crippen molar-refractivity contribution in [2.45, 2.75) is 12.5 Å². The summed E-state index contributed by atoms with van der Waals surface area (Å²) >= 11 is 0. The van der Waals surface area contributed by atoms with Gasteiger partial charge in [-0.05, 0) is 12.5 Å². The Hall–Kier alpha value is -1.69. The number of methoxy groups -OCH3 is 1. The van der Waals surface area contributed by atoms with Gasteiger partial charge in [0.15, 0.2) is 0 Å². The number of anilines is 1. The molecule has 1 heterocycles. The second kappa shape index (κ2) is 5.30. The Morgan fingerprint density at radius 3 is 2.83 bits per heavy atom. The van der Waals surface area contributed by atoms with Gasteiger partial charge >= 0.3 is 5.97 Å². The summed E-state index contributed by atoms with van der Waals surface area (Å²) in [6, 6.07) is 1.76. The van der Waals surface area contributed by atoms with Gasteiger partial charge in [-0.25, -0.2) is 13.6 Å². The Labute approximate surface area is 103 Å². The molecule has 1 aliphatic heterocycles. The number of ether oxygens (including phenoxy) is 2. The van der Waals surface area contributed by atoms with E-state index < -0.39 is 17.6 Å². The maximum atomic E-state index is 13.6. The van der Waals surface area contributed by atoms with Crippen LogP contribution in [0.4, 0.5) is 14.5 Å². The summed E-state index contributed by atoms with van der Waals surface area (Å²) in [5.41, 5.74) is -0.215.